The summed E-state index contributed by atoms with van der Waals surface area (Å²) in [7, 11) is 1.67. The van der Waals surface area contributed by atoms with Crippen molar-refractivity contribution < 1.29 is 9.84 Å². The van der Waals surface area contributed by atoms with E-state index in [0.717, 1.165) is 34.5 Å². The van der Waals surface area contributed by atoms with Crippen molar-refractivity contribution in [1.29, 1.82) is 0 Å². The topological polar surface area (TPSA) is 47.3 Å². The summed E-state index contributed by atoms with van der Waals surface area (Å²) in [5.74, 6) is 1.11. The van der Waals surface area contributed by atoms with Crippen molar-refractivity contribution in [1.82, 2.24) is 9.55 Å². The van der Waals surface area contributed by atoms with Crippen LogP contribution in [-0.4, -0.2) is 21.8 Å². The van der Waals surface area contributed by atoms with Crippen molar-refractivity contribution in [3.8, 4) is 22.8 Å². The SMILES string of the molecule is COc1ccc(Cn2ccc3ccnc(-c4ccc(O)cc4)c32)cc1. The predicted molar refractivity (Wildman–Crippen MR) is 98.9 cm³/mol. The Hall–Kier alpha value is -3.27. The van der Waals surface area contributed by atoms with E-state index in [2.05, 4.69) is 33.9 Å². The molecule has 0 aliphatic rings. The lowest BCUT2D eigenvalue weighted by atomic mass is 10.1. The molecule has 0 amide bonds. The zero-order valence-corrected chi connectivity index (χ0v) is 13.9. The van der Waals surface area contributed by atoms with E-state index in [1.54, 1.807) is 19.2 Å². The monoisotopic (exact) mass is 330 g/mol. The summed E-state index contributed by atoms with van der Waals surface area (Å²) in [6.07, 6.45) is 3.91. The maximum Gasteiger partial charge on any atom is 0.118 e. The van der Waals surface area contributed by atoms with E-state index in [0.29, 0.717) is 0 Å². The third-order valence-electron chi connectivity index (χ3n) is 4.33. The van der Waals surface area contributed by atoms with Crippen molar-refractivity contribution in [2.45, 2.75) is 6.54 Å². The fourth-order valence-corrected chi connectivity index (χ4v) is 3.04. The summed E-state index contributed by atoms with van der Waals surface area (Å²) in [6.45, 7) is 0.754. The fraction of sp³-hybridized carbons (Fsp3) is 0.0952. The number of ether oxygens (including phenoxy) is 1. The molecule has 2 aromatic carbocycles. The van der Waals surface area contributed by atoms with E-state index < -0.39 is 0 Å². The first-order valence-electron chi connectivity index (χ1n) is 8.11. The largest absolute Gasteiger partial charge is 0.508 e. The molecule has 0 saturated heterocycles. The van der Waals surface area contributed by atoms with E-state index in [4.69, 9.17) is 4.74 Å². The third-order valence-corrected chi connectivity index (χ3v) is 4.33. The first kappa shape index (κ1) is 15.3. The normalized spacial score (nSPS) is 10.9. The summed E-state index contributed by atoms with van der Waals surface area (Å²) in [5, 5.41) is 10.7. The van der Waals surface area contributed by atoms with Gasteiger partial charge in [-0.25, -0.2) is 0 Å². The Bertz CT molecular complexity index is 1000. The Morgan fingerprint density at radius 1 is 0.960 bits per heavy atom. The standard InChI is InChI=1S/C21H18N2O2/c1-25-19-8-2-15(3-9-19)14-23-13-11-17-10-12-22-20(21(17)23)16-4-6-18(24)7-5-16/h2-13,24H,14H2,1H3. The molecule has 4 rings (SSSR count). The van der Waals surface area contributed by atoms with Crippen molar-refractivity contribution >= 4 is 10.9 Å². The number of rotatable bonds is 4. The van der Waals surface area contributed by atoms with Gasteiger partial charge < -0.3 is 14.4 Å². The number of benzene rings is 2. The van der Waals surface area contributed by atoms with Crippen LogP contribution in [0.4, 0.5) is 0 Å². The third kappa shape index (κ3) is 2.94. The van der Waals surface area contributed by atoms with Crippen LogP contribution in [0.1, 0.15) is 5.56 Å². The second kappa shape index (κ2) is 6.32. The quantitative estimate of drug-likeness (QED) is 0.601. The molecule has 4 aromatic rings. The number of hydrogen-bond acceptors (Lipinski definition) is 3. The number of methoxy groups -OCH3 is 1. The molecule has 1 N–H and O–H groups in total. The molecule has 4 nitrogen and oxygen atoms in total. The van der Waals surface area contributed by atoms with E-state index in [-0.39, 0.29) is 5.75 Å². The molecule has 2 aromatic heterocycles. The maximum atomic E-state index is 9.53. The van der Waals surface area contributed by atoms with Crippen LogP contribution in [0.5, 0.6) is 11.5 Å². The van der Waals surface area contributed by atoms with Crippen LogP contribution in [0.25, 0.3) is 22.2 Å². The van der Waals surface area contributed by atoms with Gasteiger partial charge in [-0.3, -0.25) is 4.98 Å². The van der Waals surface area contributed by atoms with E-state index in [1.165, 1.54) is 5.56 Å². The predicted octanol–water partition coefficient (Wildman–Crippen LogP) is 4.47. The minimum atomic E-state index is 0.254. The first-order valence-corrected chi connectivity index (χ1v) is 8.11. The highest BCUT2D eigenvalue weighted by molar-refractivity contribution is 5.92. The second-order valence-electron chi connectivity index (χ2n) is 5.94. The summed E-state index contributed by atoms with van der Waals surface area (Å²) < 4.78 is 7.42. The highest BCUT2D eigenvalue weighted by Crippen LogP contribution is 2.29. The summed E-state index contributed by atoms with van der Waals surface area (Å²) >= 11 is 0. The van der Waals surface area contributed by atoms with Crippen molar-refractivity contribution in [3.63, 3.8) is 0 Å². The molecule has 2 heterocycles. The molecular weight excluding hydrogens is 312 g/mol. The highest BCUT2D eigenvalue weighted by Gasteiger charge is 2.10. The van der Waals surface area contributed by atoms with Gasteiger partial charge in [0.25, 0.3) is 0 Å². The number of pyridine rings is 1. The van der Waals surface area contributed by atoms with Gasteiger partial charge in [0.2, 0.25) is 0 Å². The van der Waals surface area contributed by atoms with Crippen LogP contribution < -0.4 is 4.74 Å². The average molecular weight is 330 g/mol. The van der Waals surface area contributed by atoms with Crippen LogP contribution in [-0.2, 0) is 6.54 Å². The van der Waals surface area contributed by atoms with E-state index in [9.17, 15) is 5.11 Å². The Labute approximate surface area is 146 Å². The molecule has 0 aliphatic heterocycles. The summed E-state index contributed by atoms with van der Waals surface area (Å²) in [4.78, 5) is 4.59. The molecule has 124 valence electrons. The van der Waals surface area contributed by atoms with Crippen LogP contribution in [0.15, 0.2) is 73.1 Å². The molecule has 0 saturated carbocycles. The average Bonchev–Trinajstić information content (AvgIpc) is 3.06. The fourth-order valence-electron chi connectivity index (χ4n) is 3.04. The lowest BCUT2D eigenvalue weighted by Crippen LogP contribution is -2.00. The van der Waals surface area contributed by atoms with Crippen LogP contribution in [0, 0.1) is 0 Å². The number of hydrogen-bond donors (Lipinski definition) is 1. The molecule has 0 bridgehead atoms. The van der Waals surface area contributed by atoms with E-state index >= 15 is 0 Å². The molecule has 0 radical (unpaired) electrons. The lowest BCUT2D eigenvalue weighted by molar-refractivity contribution is 0.414. The zero-order valence-electron chi connectivity index (χ0n) is 13.9. The number of phenolic OH excluding ortho intramolecular Hbond substituents is 1. The highest BCUT2D eigenvalue weighted by atomic mass is 16.5. The van der Waals surface area contributed by atoms with Crippen molar-refractivity contribution in [3.05, 3.63) is 78.6 Å². The molecule has 0 fully saturated rings. The maximum absolute atomic E-state index is 9.53. The number of aromatic hydroxyl groups is 1. The van der Waals surface area contributed by atoms with Gasteiger partial charge in [-0.05, 0) is 54.1 Å². The summed E-state index contributed by atoms with van der Waals surface area (Å²) in [5.41, 5.74) is 4.18. The molecule has 0 atom stereocenters. The Kier molecular flexibility index (Phi) is 3.86. The molecule has 0 unspecified atom stereocenters. The van der Waals surface area contributed by atoms with Crippen molar-refractivity contribution in [2.24, 2.45) is 0 Å². The Morgan fingerprint density at radius 2 is 1.72 bits per heavy atom. The molecule has 0 spiro atoms. The number of aromatic nitrogens is 2. The van der Waals surface area contributed by atoms with Gasteiger partial charge in [0.1, 0.15) is 11.5 Å². The van der Waals surface area contributed by atoms with Crippen LogP contribution in [0.2, 0.25) is 0 Å². The summed E-state index contributed by atoms with van der Waals surface area (Å²) in [6, 6.07) is 19.4. The minimum Gasteiger partial charge on any atom is -0.508 e. The van der Waals surface area contributed by atoms with Gasteiger partial charge >= 0.3 is 0 Å². The van der Waals surface area contributed by atoms with Crippen molar-refractivity contribution in [2.75, 3.05) is 7.11 Å². The number of nitrogens with zero attached hydrogens (tertiary/aromatic N) is 2. The first-order chi connectivity index (χ1) is 12.2. The van der Waals surface area contributed by atoms with E-state index in [1.807, 2.05) is 36.5 Å². The van der Waals surface area contributed by atoms with Crippen LogP contribution >= 0.6 is 0 Å². The second-order valence-corrected chi connectivity index (χ2v) is 5.94. The van der Waals surface area contributed by atoms with Crippen LogP contribution in [0.3, 0.4) is 0 Å². The molecule has 0 aliphatic carbocycles. The Morgan fingerprint density at radius 3 is 2.44 bits per heavy atom. The molecule has 4 heteroatoms. The molecule has 25 heavy (non-hydrogen) atoms. The van der Waals surface area contributed by atoms with Gasteiger partial charge in [-0.2, -0.15) is 0 Å². The van der Waals surface area contributed by atoms with Gasteiger partial charge in [-0.1, -0.05) is 12.1 Å². The van der Waals surface area contributed by atoms with Gasteiger partial charge in [-0.15, -0.1) is 0 Å². The van der Waals surface area contributed by atoms with Gasteiger partial charge in [0.05, 0.1) is 18.3 Å². The van der Waals surface area contributed by atoms with Gasteiger partial charge in [0, 0.05) is 29.9 Å². The number of phenols is 1. The minimum absolute atomic E-state index is 0.254. The molecular formula is C21H18N2O2. The number of fused-ring (bicyclic) bond motifs is 1. The zero-order chi connectivity index (χ0) is 17.2. The van der Waals surface area contributed by atoms with Gasteiger partial charge in [0.15, 0.2) is 0 Å². The Balaban J connectivity index is 1.78. The lowest BCUT2D eigenvalue weighted by Gasteiger charge is -2.10. The smallest absolute Gasteiger partial charge is 0.118 e.